The molecule has 1 aliphatic heterocycles. The highest BCUT2D eigenvalue weighted by Crippen LogP contribution is 2.57. The van der Waals surface area contributed by atoms with Crippen LogP contribution in [0.5, 0.6) is 0 Å². The first-order chi connectivity index (χ1) is 17.0. The van der Waals surface area contributed by atoms with E-state index in [1.807, 2.05) is 30.7 Å². The van der Waals surface area contributed by atoms with Gasteiger partial charge in [0.15, 0.2) is 0 Å². The summed E-state index contributed by atoms with van der Waals surface area (Å²) in [5.41, 5.74) is -1.04. The lowest BCUT2D eigenvalue weighted by molar-refractivity contribution is -0.138. The molecular formula is C26H22F3N5O2. The number of aldehydes is 1. The molecular weight excluding hydrogens is 471 g/mol. The van der Waals surface area contributed by atoms with Crippen molar-refractivity contribution in [1.82, 2.24) is 14.8 Å². The van der Waals surface area contributed by atoms with E-state index in [4.69, 9.17) is 0 Å². The van der Waals surface area contributed by atoms with Crippen molar-refractivity contribution in [2.45, 2.75) is 44.3 Å². The van der Waals surface area contributed by atoms with Crippen LogP contribution in [0.1, 0.15) is 63.0 Å². The lowest BCUT2D eigenvalue weighted by atomic mass is 9.50. The third-order valence-electron chi connectivity index (χ3n) is 7.30. The molecule has 2 aromatic carbocycles. The Bertz CT molecular complexity index is 1430. The van der Waals surface area contributed by atoms with E-state index in [0.717, 1.165) is 17.5 Å². The summed E-state index contributed by atoms with van der Waals surface area (Å²) in [6, 6.07) is 11.5. The Morgan fingerprint density at radius 3 is 2.58 bits per heavy atom. The summed E-state index contributed by atoms with van der Waals surface area (Å²) in [6.07, 6.45) is -1.11. The predicted molar refractivity (Wildman–Crippen MR) is 123 cm³/mol. The van der Waals surface area contributed by atoms with Gasteiger partial charge >= 0.3 is 6.18 Å². The fraction of sp³-hybridized carbons (Fsp3) is 0.346. The number of hydrogen-bond donors (Lipinski definition) is 0. The monoisotopic (exact) mass is 493 g/mol. The molecule has 184 valence electrons. The third kappa shape index (κ3) is 3.75. The van der Waals surface area contributed by atoms with Crippen LogP contribution in [0.4, 0.5) is 18.9 Å². The fourth-order valence-electron chi connectivity index (χ4n) is 5.69. The summed E-state index contributed by atoms with van der Waals surface area (Å²) in [7, 11) is 1.84. The topological polar surface area (TPSA) is 91.9 Å². The number of halogens is 3. The van der Waals surface area contributed by atoms with Crippen LogP contribution in [0.3, 0.4) is 0 Å². The zero-order valence-corrected chi connectivity index (χ0v) is 19.6. The van der Waals surface area contributed by atoms with Gasteiger partial charge in [-0.1, -0.05) is 12.1 Å². The average Bonchev–Trinajstić information content (AvgIpc) is 3.38. The van der Waals surface area contributed by atoms with Gasteiger partial charge in [0.1, 0.15) is 18.4 Å². The summed E-state index contributed by atoms with van der Waals surface area (Å²) < 4.78 is 43.0. The number of fused-ring (bicyclic) bond motifs is 1. The molecule has 0 spiro atoms. The third-order valence-corrected chi connectivity index (χ3v) is 7.30. The number of carbonyl (C=O) groups is 2. The van der Waals surface area contributed by atoms with Crippen LogP contribution in [0, 0.1) is 16.7 Å². The van der Waals surface area contributed by atoms with Crippen molar-refractivity contribution in [3.63, 3.8) is 0 Å². The first-order valence-corrected chi connectivity index (χ1v) is 11.3. The molecule has 1 fully saturated rings. The van der Waals surface area contributed by atoms with E-state index in [2.05, 4.69) is 16.3 Å². The van der Waals surface area contributed by atoms with E-state index < -0.39 is 28.5 Å². The van der Waals surface area contributed by atoms with Gasteiger partial charge in [0.2, 0.25) is 0 Å². The van der Waals surface area contributed by atoms with E-state index in [-0.39, 0.29) is 23.2 Å². The molecule has 36 heavy (non-hydrogen) atoms. The molecule has 0 radical (unpaired) electrons. The van der Waals surface area contributed by atoms with Gasteiger partial charge in [-0.2, -0.15) is 18.4 Å². The van der Waals surface area contributed by atoms with Gasteiger partial charge < -0.3 is 9.47 Å². The largest absolute Gasteiger partial charge is 0.416 e. The molecule has 7 nitrogen and oxygen atoms in total. The number of alkyl halides is 3. The first-order valence-electron chi connectivity index (χ1n) is 11.3. The number of nitriles is 1. The zero-order valence-electron chi connectivity index (χ0n) is 19.6. The van der Waals surface area contributed by atoms with Gasteiger partial charge in [0, 0.05) is 35.7 Å². The van der Waals surface area contributed by atoms with Crippen molar-refractivity contribution in [3.05, 3.63) is 76.4 Å². The highest BCUT2D eigenvalue weighted by Gasteiger charge is 2.54. The Kier molecular flexibility index (Phi) is 5.28. The average molecular weight is 493 g/mol. The van der Waals surface area contributed by atoms with E-state index in [0.29, 0.717) is 31.2 Å². The Morgan fingerprint density at radius 2 is 1.97 bits per heavy atom. The number of amides is 1. The quantitative estimate of drug-likeness (QED) is 0.484. The Labute approximate surface area is 205 Å². The van der Waals surface area contributed by atoms with Crippen molar-refractivity contribution in [2.24, 2.45) is 12.5 Å². The van der Waals surface area contributed by atoms with E-state index in [9.17, 15) is 28.0 Å². The Morgan fingerprint density at radius 1 is 1.22 bits per heavy atom. The number of hydrogen-bond acceptors (Lipinski definition) is 5. The molecule has 3 aromatic rings. The minimum atomic E-state index is -4.70. The van der Waals surface area contributed by atoms with E-state index >= 15 is 0 Å². The minimum absolute atomic E-state index is 0.119. The summed E-state index contributed by atoms with van der Waals surface area (Å²) in [5, 5.41) is 17.8. The number of carbonyl (C=O) groups excluding carboxylic acids is 2. The molecule has 0 bridgehead atoms. The highest BCUT2D eigenvalue weighted by atomic mass is 19.4. The van der Waals surface area contributed by atoms with Gasteiger partial charge in [0.05, 0.1) is 23.6 Å². The molecule has 10 heteroatoms. The summed E-state index contributed by atoms with van der Waals surface area (Å²) in [4.78, 5) is 25.8. The number of anilines is 1. The second kappa shape index (κ2) is 8.01. The molecule has 1 saturated carbocycles. The van der Waals surface area contributed by atoms with Crippen LogP contribution in [0.25, 0.3) is 0 Å². The maximum Gasteiger partial charge on any atom is 0.416 e. The number of nitrogens with zero attached hydrogens (tertiary/aromatic N) is 5. The van der Waals surface area contributed by atoms with Crippen LogP contribution in [-0.4, -0.2) is 27.0 Å². The van der Waals surface area contributed by atoms with Gasteiger partial charge in [-0.25, -0.2) is 0 Å². The number of rotatable bonds is 5. The SMILES string of the molecule is Cn1cnnc1CC1(c2cccc(N3Cc4c(cc(C=O)cc4C(F)(F)F)C3=O)c2)CC(C)(C#N)C1. The molecule has 5 rings (SSSR count). The summed E-state index contributed by atoms with van der Waals surface area (Å²) >= 11 is 0. The second-order valence-corrected chi connectivity index (χ2v) is 9.99. The van der Waals surface area contributed by atoms with Crippen LogP contribution in [-0.2, 0) is 31.6 Å². The Hall–Kier alpha value is -4.00. The molecule has 1 aromatic heterocycles. The molecule has 2 aliphatic rings. The number of aryl methyl sites for hydroxylation is 1. The summed E-state index contributed by atoms with van der Waals surface area (Å²) in [5.74, 6) is 0.162. The Balaban J connectivity index is 1.53. The van der Waals surface area contributed by atoms with Crippen molar-refractivity contribution >= 4 is 17.9 Å². The van der Waals surface area contributed by atoms with Crippen molar-refractivity contribution in [1.29, 1.82) is 5.26 Å². The van der Waals surface area contributed by atoms with Crippen molar-refractivity contribution in [2.75, 3.05) is 4.90 Å². The van der Waals surface area contributed by atoms with Gasteiger partial charge in [0.25, 0.3) is 5.91 Å². The van der Waals surface area contributed by atoms with Crippen molar-refractivity contribution in [3.8, 4) is 6.07 Å². The van der Waals surface area contributed by atoms with Crippen LogP contribution < -0.4 is 4.90 Å². The van der Waals surface area contributed by atoms with Gasteiger partial charge in [-0.3, -0.25) is 9.59 Å². The highest BCUT2D eigenvalue weighted by molar-refractivity contribution is 6.11. The summed E-state index contributed by atoms with van der Waals surface area (Å²) in [6.45, 7) is 1.65. The predicted octanol–water partition coefficient (Wildman–Crippen LogP) is 4.61. The first kappa shape index (κ1) is 23.7. The van der Waals surface area contributed by atoms with Crippen molar-refractivity contribution < 1.29 is 22.8 Å². The van der Waals surface area contributed by atoms with Crippen LogP contribution in [0.2, 0.25) is 0 Å². The second-order valence-electron chi connectivity index (χ2n) is 9.99. The normalized spacial score (nSPS) is 23.2. The van der Waals surface area contributed by atoms with E-state index in [1.54, 1.807) is 18.5 Å². The number of benzene rings is 2. The zero-order chi connectivity index (χ0) is 25.9. The smallest absolute Gasteiger partial charge is 0.321 e. The maximum atomic E-state index is 13.7. The van der Waals surface area contributed by atoms with E-state index in [1.165, 1.54) is 11.0 Å². The molecule has 2 heterocycles. The molecule has 0 atom stereocenters. The fourth-order valence-corrected chi connectivity index (χ4v) is 5.69. The minimum Gasteiger partial charge on any atom is -0.321 e. The molecule has 0 unspecified atom stereocenters. The maximum absolute atomic E-state index is 13.7. The molecule has 0 N–H and O–H groups in total. The molecule has 0 saturated heterocycles. The standard InChI is InChI=1S/C26H22F3N5O2/c1-24(14-30)12-25(13-24,9-22-32-31-15-33(22)2)17-4-3-5-18(8-17)34-10-20-19(23(34)36)6-16(11-35)7-21(20)26(27,28)29/h3-8,11,15H,9-10,12-13H2,1-2H3. The van der Waals surface area contributed by atoms with Gasteiger partial charge in [-0.15, -0.1) is 10.2 Å². The molecule has 1 aliphatic carbocycles. The molecule has 1 amide bonds. The number of aromatic nitrogens is 3. The van der Waals surface area contributed by atoms with Gasteiger partial charge in [-0.05, 0) is 55.2 Å². The lowest BCUT2D eigenvalue weighted by Crippen LogP contribution is -2.49. The lowest BCUT2D eigenvalue weighted by Gasteiger charge is -2.51. The van der Waals surface area contributed by atoms with Crippen LogP contribution >= 0.6 is 0 Å². The van der Waals surface area contributed by atoms with Crippen LogP contribution in [0.15, 0.2) is 42.7 Å².